The molecule has 7 heteroatoms. The van der Waals surface area contributed by atoms with E-state index in [1.165, 1.54) is 19.3 Å². The van der Waals surface area contributed by atoms with Crippen LogP contribution in [0, 0.1) is 0 Å². The van der Waals surface area contributed by atoms with Gasteiger partial charge in [0.2, 0.25) is 11.7 Å². The largest absolute Gasteiger partial charge is 0.493 e. The minimum absolute atomic E-state index is 0.0790. The van der Waals surface area contributed by atoms with Gasteiger partial charge in [-0.1, -0.05) is 25.3 Å². The second-order valence-corrected chi connectivity index (χ2v) is 8.33. The van der Waals surface area contributed by atoms with Gasteiger partial charge >= 0.3 is 0 Å². The number of carbonyl (C=O) groups is 1. The summed E-state index contributed by atoms with van der Waals surface area (Å²) in [7, 11) is 4.91. The highest BCUT2D eigenvalue weighted by Crippen LogP contribution is 2.40. The molecular formula is C23H37N3O4. The topological polar surface area (TPSA) is 63.3 Å². The van der Waals surface area contributed by atoms with Gasteiger partial charge in [-0.2, -0.15) is 0 Å². The maximum Gasteiger partial charge on any atom is 0.237 e. The minimum atomic E-state index is -0.0790. The first kappa shape index (κ1) is 22.7. The van der Waals surface area contributed by atoms with Crippen molar-refractivity contribution in [1.82, 2.24) is 15.1 Å². The van der Waals surface area contributed by atoms with Crippen molar-refractivity contribution < 1.29 is 19.0 Å². The second-order valence-electron chi connectivity index (χ2n) is 8.33. The van der Waals surface area contributed by atoms with Crippen LogP contribution in [0.15, 0.2) is 12.1 Å². The molecule has 1 saturated heterocycles. The fourth-order valence-corrected chi connectivity index (χ4v) is 4.57. The van der Waals surface area contributed by atoms with Gasteiger partial charge in [-0.25, -0.2) is 0 Å². The Morgan fingerprint density at radius 2 is 1.67 bits per heavy atom. The molecule has 1 heterocycles. The van der Waals surface area contributed by atoms with Crippen LogP contribution in [0.1, 0.15) is 44.6 Å². The van der Waals surface area contributed by atoms with Gasteiger partial charge in [0.05, 0.1) is 27.4 Å². The van der Waals surface area contributed by atoms with E-state index in [4.69, 9.17) is 14.2 Å². The predicted octanol–water partition coefficient (Wildman–Crippen LogP) is 2.67. The highest BCUT2D eigenvalue weighted by molar-refractivity contribution is 5.81. The lowest BCUT2D eigenvalue weighted by Crippen LogP contribution is -2.54. The van der Waals surface area contributed by atoms with Gasteiger partial charge in [-0.3, -0.25) is 14.6 Å². The first-order valence-corrected chi connectivity index (χ1v) is 11.1. The zero-order valence-electron chi connectivity index (χ0n) is 18.9. The van der Waals surface area contributed by atoms with E-state index in [0.717, 1.165) is 56.9 Å². The van der Waals surface area contributed by atoms with Gasteiger partial charge in [0, 0.05) is 44.3 Å². The van der Waals surface area contributed by atoms with Crippen molar-refractivity contribution in [2.45, 2.75) is 57.7 Å². The maximum atomic E-state index is 12.7. The summed E-state index contributed by atoms with van der Waals surface area (Å²) in [5.74, 6) is 2.20. The van der Waals surface area contributed by atoms with Crippen molar-refractivity contribution in [2.75, 3.05) is 47.5 Å². The number of hydrogen-bond donors (Lipinski definition) is 1. The van der Waals surface area contributed by atoms with Gasteiger partial charge in [0.15, 0.2) is 11.5 Å². The molecule has 0 unspecified atom stereocenters. The lowest BCUT2D eigenvalue weighted by atomic mass is 9.95. The average molecular weight is 420 g/mol. The summed E-state index contributed by atoms with van der Waals surface area (Å²) >= 11 is 0. The number of piperazine rings is 1. The highest BCUT2D eigenvalue weighted by atomic mass is 16.5. The first-order chi connectivity index (χ1) is 14.6. The van der Waals surface area contributed by atoms with Crippen molar-refractivity contribution in [3.63, 3.8) is 0 Å². The number of nitrogens with zero attached hydrogens (tertiary/aromatic N) is 2. The summed E-state index contributed by atoms with van der Waals surface area (Å²) in [4.78, 5) is 17.4. The lowest BCUT2D eigenvalue weighted by molar-refractivity contribution is -0.127. The third-order valence-electron chi connectivity index (χ3n) is 6.47. The Bertz CT molecular complexity index is 698. The van der Waals surface area contributed by atoms with Gasteiger partial charge in [0.25, 0.3) is 0 Å². The first-order valence-electron chi connectivity index (χ1n) is 11.1. The van der Waals surface area contributed by atoms with Crippen LogP contribution in [0.3, 0.4) is 0 Å². The van der Waals surface area contributed by atoms with E-state index < -0.39 is 0 Å². The fourth-order valence-electron chi connectivity index (χ4n) is 4.57. The van der Waals surface area contributed by atoms with Crippen molar-refractivity contribution >= 4 is 5.91 Å². The van der Waals surface area contributed by atoms with Crippen LogP contribution < -0.4 is 19.5 Å². The van der Waals surface area contributed by atoms with E-state index in [1.54, 1.807) is 21.3 Å². The van der Waals surface area contributed by atoms with E-state index >= 15 is 0 Å². The highest BCUT2D eigenvalue weighted by Gasteiger charge is 2.28. The van der Waals surface area contributed by atoms with Crippen molar-refractivity contribution in [3.05, 3.63) is 17.7 Å². The SMILES string of the molecule is COc1ccc(CN2CCN([C@@H](C)C(=O)NC3CCCCC3)CC2)c(OC)c1OC. The fraction of sp³-hybridized carbons (Fsp3) is 0.696. The molecule has 0 aromatic heterocycles. The summed E-state index contributed by atoms with van der Waals surface area (Å²) in [6.45, 7) is 6.41. The molecule has 0 radical (unpaired) electrons. The van der Waals surface area contributed by atoms with Crippen molar-refractivity contribution in [3.8, 4) is 17.2 Å². The van der Waals surface area contributed by atoms with E-state index in [9.17, 15) is 4.79 Å². The molecule has 168 valence electrons. The maximum absolute atomic E-state index is 12.7. The van der Waals surface area contributed by atoms with E-state index in [-0.39, 0.29) is 11.9 Å². The molecule has 1 aromatic rings. The van der Waals surface area contributed by atoms with Gasteiger partial charge in [-0.05, 0) is 25.8 Å². The molecule has 1 saturated carbocycles. The monoisotopic (exact) mass is 419 g/mol. The smallest absolute Gasteiger partial charge is 0.237 e. The number of methoxy groups -OCH3 is 3. The third kappa shape index (κ3) is 5.38. The minimum Gasteiger partial charge on any atom is -0.493 e. The van der Waals surface area contributed by atoms with Crippen molar-refractivity contribution in [2.24, 2.45) is 0 Å². The van der Waals surface area contributed by atoms with Crippen LogP contribution in [0.5, 0.6) is 17.2 Å². The number of benzene rings is 1. The zero-order valence-corrected chi connectivity index (χ0v) is 18.9. The molecule has 1 aliphatic heterocycles. The molecule has 1 aliphatic carbocycles. The number of nitrogens with one attached hydrogen (secondary N) is 1. The van der Waals surface area contributed by atoms with E-state index in [2.05, 4.69) is 15.1 Å². The molecule has 1 amide bonds. The Hall–Kier alpha value is -1.99. The van der Waals surface area contributed by atoms with Crippen LogP contribution in [-0.2, 0) is 11.3 Å². The van der Waals surface area contributed by atoms with Crippen LogP contribution in [0.25, 0.3) is 0 Å². The molecule has 0 bridgehead atoms. The Balaban J connectivity index is 1.53. The predicted molar refractivity (Wildman–Crippen MR) is 117 cm³/mol. The molecule has 2 aliphatic rings. The van der Waals surface area contributed by atoms with Crippen molar-refractivity contribution in [1.29, 1.82) is 0 Å². The molecule has 30 heavy (non-hydrogen) atoms. The van der Waals surface area contributed by atoms with Crippen LogP contribution in [0.2, 0.25) is 0 Å². The zero-order chi connectivity index (χ0) is 21.5. The quantitative estimate of drug-likeness (QED) is 0.699. The molecule has 1 atom stereocenters. The van der Waals surface area contributed by atoms with Crippen LogP contribution in [0.4, 0.5) is 0 Å². The van der Waals surface area contributed by atoms with Crippen LogP contribution >= 0.6 is 0 Å². The second kappa shape index (κ2) is 10.9. The number of ether oxygens (including phenoxy) is 3. The van der Waals surface area contributed by atoms with E-state index in [1.807, 2.05) is 19.1 Å². The summed E-state index contributed by atoms with van der Waals surface area (Å²) in [6, 6.07) is 4.24. The molecule has 2 fully saturated rings. The van der Waals surface area contributed by atoms with Gasteiger partial charge in [0.1, 0.15) is 0 Å². The molecule has 0 spiro atoms. The molecular weight excluding hydrogens is 382 g/mol. The summed E-state index contributed by atoms with van der Waals surface area (Å²) < 4.78 is 16.5. The average Bonchev–Trinajstić information content (AvgIpc) is 2.79. The lowest BCUT2D eigenvalue weighted by Gasteiger charge is -2.38. The Labute approximate surface area is 180 Å². The number of hydrogen-bond acceptors (Lipinski definition) is 6. The molecule has 3 rings (SSSR count). The number of carbonyl (C=O) groups excluding carboxylic acids is 1. The number of amides is 1. The van der Waals surface area contributed by atoms with Gasteiger partial charge < -0.3 is 19.5 Å². The molecule has 7 nitrogen and oxygen atoms in total. The Kier molecular flexibility index (Phi) is 8.22. The molecule has 1 aromatic carbocycles. The van der Waals surface area contributed by atoms with Gasteiger partial charge in [-0.15, -0.1) is 0 Å². The summed E-state index contributed by atoms with van der Waals surface area (Å²) in [5.41, 5.74) is 1.08. The summed E-state index contributed by atoms with van der Waals surface area (Å²) in [5, 5.41) is 3.27. The molecule has 1 N–H and O–H groups in total. The Morgan fingerprint density at radius 1 is 1.00 bits per heavy atom. The third-order valence-corrected chi connectivity index (χ3v) is 6.47. The summed E-state index contributed by atoms with van der Waals surface area (Å²) in [6.07, 6.45) is 6.02. The Morgan fingerprint density at radius 3 is 2.27 bits per heavy atom. The normalized spacial score (nSPS) is 19.9. The number of rotatable bonds is 8. The van der Waals surface area contributed by atoms with Crippen LogP contribution in [-0.4, -0.2) is 75.3 Å². The van der Waals surface area contributed by atoms with E-state index in [0.29, 0.717) is 17.5 Å². The standard InChI is InChI=1S/C23H37N3O4/c1-17(23(27)24-19-8-6-5-7-9-19)26-14-12-25(13-15-26)16-18-10-11-20(28-2)22(30-4)21(18)29-3/h10-11,17,19H,5-9,12-16H2,1-4H3,(H,24,27)/t17-/m0/s1.